The topological polar surface area (TPSA) is 23.8 Å². The van der Waals surface area contributed by atoms with E-state index in [0.717, 1.165) is 12.3 Å². The summed E-state index contributed by atoms with van der Waals surface area (Å²) in [5, 5.41) is 9.68. The van der Waals surface area contributed by atoms with Crippen LogP contribution in [0.1, 0.15) is 23.5 Å². The normalized spacial score (nSPS) is 35.5. The average molecular weight is 311 g/mol. The number of nitriles is 1. The monoisotopic (exact) mass is 311 g/mol. The Balaban J connectivity index is 1.62. The van der Waals surface area contributed by atoms with Crippen molar-refractivity contribution in [2.45, 2.75) is 12.3 Å². The van der Waals surface area contributed by atoms with Crippen LogP contribution in [0, 0.1) is 46.8 Å². The first kappa shape index (κ1) is 14.1. The number of nitrogens with zero attached hydrogens (tertiary/aromatic N) is 1. The van der Waals surface area contributed by atoms with E-state index >= 15 is 0 Å². The minimum atomic E-state index is 0.237. The third kappa shape index (κ3) is 1.86. The van der Waals surface area contributed by atoms with Crippen molar-refractivity contribution >= 4 is 0 Å². The summed E-state index contributed by atoms with van der Waals surface area (Å²) in [7, 11) is 0. The first-order valence-corrected chi connectivity index (χ1v) is 9.06. The molecule has 3 aliphatic carbocycles. The van der Waals surface area contributed by atoms with Gasteiger partial charge < -0.3 is 0 Å². The molecule has 0 N–H and O–H groups in total. The fraction of sp³-hybridized carbons (Fsp3) is 0.348. The molecule has 2 aromatic carbocycles. The molecule has 118 valence electrons. The largest absolute Gasteiger partial charge is 0.198 e. The van der Waals surface area contributed by atoms with Gasteiger partial charge in [0.05, 0.1) is 12.0 Å². The summed E-state index contributed by atoms with van der Waals surface area (Å²) in [5.74, 6) is 3.80. The average Bonchev–Trinajstić information content (AvgIpc) is 3.04. The van der Waals surface area contributed by atoms with Gasteiger partial charge in [0, 0.05) is 5.92 Å². The minimum Gasteiger partial charge on any atom is -0.198 e. The molecule has 6 atom stereocenters. The maximum Gasteiger partial charge on any atom is 0.0659 e. The molecule has 5 rings (SSSR count). The Kier molecular flexibility index (Phi) is 3.13. The number of fused-ring (bicyclic) bond motifs is 5. The van der Waals surface area contributed by atoms with Crippen LogP contribution in [0.5, 0.6) is 0 Å². The predicted octanol–water partition coefficient (Wildman–Crippen LogP) is 5.03. The van der Waals surface area contributed by atoms with E-state index in [0.29, 0.717) is 29.6 Å². The zero-order valence-corrected chi connectivity index (χ0v) is 13.6. The Morgan fingerprint density at radius 2 is 1.42 bits per heavy atom. The standard InChI is InChI=1S/C23H21N/c24-14-17-13-20-18-11-12-19(18)22(17)23(20)21(15-7-3-1-4-8-15)16-9-5-2-6-10-16/h1-12,17-23H,13H2/t17-,18-,19-,20-,22-,23?/m1/s1. The molecule has 24 heavy (non-hydrogen) atoms. The third-order valence-electron chi connectivity index (χ3n) is 6.74. The first-order valence-electron chi connectivity index (χ1n) is 9.06. The highest BCUT2D eigenvalue weighted by atomic mass is 14.6. The molecule has 0 aromatic heterocycles. The predicted molar refractivity (Wildman–Crippen MR) is 95.0 cm³/mol. The molecule has 1 heteroatoms. The summed E-state index contributed by atoms with van der Waals surface area (Å²) in [6.07, 6.45) is 5.87. The SMILES string of the molecule is N#C[C@H]1C[C@H]2C(C(c3ccccc3)c3ccccc3)[C@H]1[C@@H]1C=C[C@H]12. The van der Waals surface area contributed by atoms with E-state index in [-0.39, 0.29) is 5.92 Å². The van der Waals surface area contributed by atoms with Crippen LogP contribution in [-0.2, 0) is 0 Å². The molecule has 0 heterocycles. The second-order valence-electron chi connectivity index (χ2n) is 7.63. The van der Waals surface area contributed by atoms with Crippen LogP contribution in [0.2, 0.25) is 0 Å². The maximum absolute atomic E-state index is 9.68. The van der Waals surface area contributed by atoms with Gasteiger partial charge in [-0.15, -0.1) is 0 Å². The van der Waals surface area contributed by atoms with Crippen molar-refractivity contribution < 1.29 is 0 Å². The Hall–Kier alpha value is -2.33. The van der Waals surface area contributed by atoms with Gasteiger partial charge in [-0.3, -0.25) is 0 Å². The van der Waals surface area contributed by atoms with E-state index in [1.807, 2.05) is 0 Å². The maximum atomic E-state index is 9.68. The summed E-state index contributed by atoms with van der Waals surface area (Å²) < 4.78 is 0. The molecule has 0 spiro atoms. The Morgan fingerprint density at radius 3 is 1.92 bits per heavy atom. The Bertz CT molecular complexity index is 761. The van der Waals surface area contributed by atoms with Crippen molar-refractivity contribution in [1.82, 2.24) is 0 Å². The molecule has 0 aliphatic heterocycles. The summed E-state index contributed by atoms with van der Waals surface area (Å²) in [6, 6.07) is 24.5. The lowest BCUT2D eigenvalue weighted by Gasteiger charge is -2.35. The molecule has 2 bridgehead atoms. The number of allylic oxidation sites excluding steroid dienone is 2. The van der Waals surface area contributed by atoms with Crippen molar-refractivity contribution in [2.75, 3.05) is 0 Å². The molecule has 0 saturated heterocycles. The number of rotatable bonds is 3. The van der Waals surface area contributed by atoms with Crippen molar-refractivity contribution in [1.29, 1.82) is 5.26 Å². The van der Waals surface area contributed by atoms with Gasteiger partial charge in [-0.1, -0.05) is 72.8 Å². The molecule has 3 aliphatic rings. The van der Waals surface area contributed by atoms with Crippen LogP contribution < -0.4 is 0 Å². The van der Waals surface area contributed by atoms with Crippen LogP contribution in [0.4, 0.5) is 0 Å². The first-order chi connectivity index (χ1) is 11.9. The lowest BCUT2D eigenvalue weighted by atomic mass is 9.68. The highest BCUT2D eigenvalue weighted by Crippen LogP contribution is 2.66. The Labute approximate surface area is 143 Å². The quantitative estimate of drug-likeness (QED) is 0.730. The van der Waals surface area contributed by atoms with Crippen molar-refractivity contribution in [2.24, 2.45) is 35.5 Å². The van der Waals surface area contributed by atoms with Gasteiger partial charge in [0.25, 0.3) is 0 Å². The van der Waals surface area contributed by atoms with Gasteiger partial charge >= 0.3 is 0 Å². The van der Waals surface area contributed by atoms with Crippen LogP contribution >= 0.6 is 0 Å². The van der Waals surface area contributed by atoms with Gasteiger partial charge in [0.1, 0.15) is 0 Å². The van der Waals surface area contributed by atoms with Crippen molar-refractivity contribution in [3.8, 4) is 6.07 Å². The zero-order valence-electron chi connectivity index (χ0n) is 13.6. The number of benzene rings is 2. The highest BCUT2D eigenvalue weighted by Gasteiger charge is 2.61. The van der Waals surface area contributed by atoms with Crippen LogP contribution in [0.15, 0.2) is 72.8 Å². The van der Waals surface area contributed by atoms with Gasteiger partial charge in [-0.25, -0.2) is 0 Å². The van der Waals surface area contributed by atoms with Gasteiger partial charge in [0.2, 0.25) is 0 Å². The van der Waals surface area contributed by atoms with Crippen LogP contribution in [0.3, 0.4) is 0 Å². The van der Waals surface area contributed by atoms with Gasteiger partial charge in [-0.2, -0.15) is 5.26 Å². The van der Waals surface area contributed by atoms with E-state index in [4.69, 9.17) is 0 Å². The molecule has 0 radical (unpaired) electrons. The molecular formula is C23H21N. The highest BCUT2D eigenvalue weighted by molar-refractivity contribution is 5.38. The zero-order chi connectivity index (χ0) is 16.1. The lowest BCUT2D eigenvalue weighted by Crippen LogP contribution is -2.30. The fourth-order valence-electron chi connectivity index (χ4n) is 5.85. The summed E-state index contributed by atoms with van der Waals surface area (Å²) in [5.41, 5.74) is 2.81. The van der Waals surface area contributed by atoms with E-state index in [1.54, 1.807) is 0 Å². The number of hydrogen-bond acceptors (Lipinski definition) is 1. The van der Waals surface area contributed by atoms with E-state index < -0.39 is 0 Å². The summed E-state index contributed by atoms with van der Waals surface area (Å²) in [6.45, 7) is 0. The summed E-state index contributed by atoms with van der Waals surface area (Å²) >= 11 is 0. The third-order valence-corrected chi connectivity index (χ3v) is 6.74. The minimum absolute atomic E-state index is 0.237. The molecule has 1 nitrogen and oxygen atoms in total. The summed E-state index contributed by atoms with van der Waals surface area (Å²) in [4.78, 5) is 0. The molecule has 1 unspecified atom stereocenters. The lowest BCUT2D eigenvalue weighted by molar-refractivity contribution is 0.242. The van der Waals surface area contributed by atoms with E-state index in [2.05, 4.69) is 78.9 Å². The second-order valence-corrected chi connectivity index (χ2v) is 7.63. The fourth-order valence-corrected chi connectivity index (χ4v) is 5.85. The molecule has 2 saturated carbocycles. The molecule has 2 aromatic rings. The van der Waals surface area contributed by atoms with E-state index in [1.165, 1.54) is 11.1 Å². The Morgan fingerprint density at radius 1 is 0.833 bits per heavy atom. The van der Waals surface area contributed by atoms with Gasteiger partial charge in [0.15, 0.2) is 0 Å². The van der Waals surface area contributed by atoms with E-state index in [9.17, 15) is 5.26 Å². The molecule has 2 fully saturated rings. The van der Waals surface area contributed by atoms with Crippen LogP contribution in [0.25, 0.3) is 0 Å². The van der Waals surface area contributed by atoms with Crippen molar-refractivity contribution in [3.63, 3.8) is 0 Å². The second kappa shape index (κ2) is 5.35. The smallest absolute Gasteiger partial charge is 0.0659 e. The van der Waals surface area contributed by atoms with Gasteiger partial charge in [-0.05, 0) is 47.1 Å². The number of hydrogen-bond donors (Lipinski definition) is 0. The molecular weight excluding hydrogens is 290 g/mol. The van der Waals surface area contributed by atoms with Crippen molar-refractivity contribution in [3.05, 3.63) is 83.9 Å². The molecule has 0 amide bonds. The van der Waals surface area contributed by atoms with Crippen LogP contribution in [-0.4, -0.2) is 0 Å².